The van der Waals surface area contributed by atoms with Gasteiger partial charge in [0.05, 0.1) is 6.10 Å². The van der Waals surface area contributed by atoms with Crippen molar-refractivity contribution in [2.75, 3.05) is 6.61 Å². The summed E-state index contributed by atoms with van der Waals surface area (Å²) in [5.41, 5.74) is -6.83. The fourth-order valence-electron chi connectivity index (χ4n) is 7.87. The molecule has 9 heteroatoms. The van der Waals surface area contributed by atoms with Gasteiger partial charge >= 0.3 is 11.9 Å². The quantitative estimate of drug-likeness (QED) is 0.598. The summed E-state index contributed by atoms with van der Waals surface area (Å²) in [5, 5.41) is 11.4. The highest BCUT2D eigenvalue weighted by Gasteiger charge is 2.77. The highest BCUT2D eigenvalue weighted by atomic mass is 19.1. The first kappa shape index (κ1) is 25.7. The number of ether oxygens (including phenoxy) is 2. The van der Waals surface area contributed by atoms with E-state index in [-0.39, 0.29) is 37.0 Å². The van der Waals surface area contributed by atoms with Gasteiger partial charge in [0.25, 0.3) is 0 Å². The largest absolute Gasteiger partial charge is 0.458 e. The Kier molecular flexibility index (Phi) is 5.90. The number of aliphatic hydroxyl groups is 1. The fourth-order valence-corrected chi connectivity index (χ4v) is 7.87. The molecule has 0 heterocycles. The number of esters is 2. The molecular formula is C26H32F2O7. The maximum atomic E-state index is 17.3. The number of carbonyl (C=O) groups excluding carboxylic acids is 4. The number of hydrogen-bond donors (Lipinski definition) is 1. The maximum absolute atomic E-state index is 17.3. The van der Waals surface area contributed by atoms with Crippen molar-refractivity contribution < 1.29 is 42.5 Å². The van der Waals surface area contributed by atoms with E-state index in [4.69, 9.17) is 9.47 Å². The minimum absolute atomic E-state index is 0.0506. The third-order valence-corrected chi connectivity index (χ3v) is 9.32. The Morgan fingerprint density at radius 3 is 2.43 bits per heavy atom. The average Bonchev–Trinajstić information content (AvgIpc) is 2.97. The fraction of sp³-hybridized carbons (Fsp3) is 0.692. The molecule has 0 bridgehead atoms. The van der Waals surface area contributed by atoms with Gasteiger partial charge in [0.15, 0.2) is 23.7 Å². The van der Waals surface area contributed by atoms with Gasteiger partial charge in [-0.25, -0.2) is 8.78 Å². The second-order valence-electron chi connectivity index (χ2n) is 11.1. The molecule has 0 aromatic heterocycles. The molecule has 0 aromatic rings. The molecule has 35 heavy (non-hydrogen) atoms. The van der Waals surface area contributed by atoms with Gasteiger partial charge in [-0.3, -0.25) is 19.2 Å². The summed E-state index contributed by atoms with van der Waals surface area (Å²) in [6, 6.07) is 0. The van der Waals surface area contributed by atoms with E-state index in [1.54, 1.807) is 13.8 Å². The molecule has 2 saturated carbocycles. The third-order valence-electron chi connectivity index (χ3n) is 9.32. The number of hydrogen-bond acceptors (Lipinski definition) is 7. The van der Waals surface area contributed by atoms with Gasteiger partial charge in [0.2, 0.25) is 5.78 Å². The van der Waals surface area contributed by atoms with Crippen molar-refractivity contribution >= 4 is 23.5 Å². The van der Waals surface area contributed by atoms with E-state index in [0.717, 1.165) is 13.8 Å². The van der Waals surface area contributed by atoms with E-state index in [1.807, 2.05) is 0 Å². The van der Waals surface area contributed by atoms with Crippen molar-refractivity contribution in [1.29, 1.82) is 0 Å². The molecule has 8 atom stereocenters. The minimum atomic E-state index is -2.30. The van der Waals surface area contributed by atoms with Gasteiger partial charge in [0, 0.05) is 49.4 Å². The van der Waals surface area contributed by atoms with Gasteiger partial charge in [-0.1, -0.05) is 19.9 Å². The molecule has 0 amide bonds. The number of ketones is 2. The van der Waals surface area contributed by atoms with E-state index in [9.17, 15) is 24.3 Å². The SMILES string of the molecule is CC(=O)OCC(=O)[C@@]1(OC(C)=O)[C@@H](C)C[C@H]2[C@@H]3CC(F)=C4CC(=O)C=C[C@]4(C)[C@@]3(F)[C@@H](O)C[C@@]21C. The monoisotopic (exact) mass is 494 g/mol. The smallest absolute Gasteiger partial charge is 0.303 e. The predicted molar refractivity (Wildman–Crippen MR) is 119 cm³/mol. The lowest BCUT2D eigenvalue weighted by atomic mass is 9.45. The second-order valence-corrected chi connectivity index (χ2v) is 11.1. The van der Waals surface area contributed by atoms with E-state index in [0.29, 0.717) is 0 Å². The molecule has 7 nitrogen and oxygen atoms in total. The van der Waals surface area contributed by atoms with Crippen molar-refractivity contribution in [1.82, 2.24) is 0 Å². The Morgan fingerprint density at radius 1 is 1.17 bits per heavy atom. The van der Waals surface area contributed by atoms with E-state index in [2.05, 4.69) is 0 Å². The molecule has 0 aromatic carbocycles. The van der Waals surface area contributed by atoms with E-state index >= 15 is 8.78 Å². The predicted octanol–water partition coefficient (Wildman–Crippen LogP) is 3.33. The molecule has 2 fully saturated rings. The first-order chi connectivity index (χ1) is 16.1. The standard InChI is InChI=1S/C26H32F2O7/c1-13-8-17-18-10-20(27)19-9-16(31)6-7-23(19,4)25(18,28)21(32)11-24(17,5)26(13,35-15(3)30)22(33)12-34-14(2)29/h6-7,13,17-18,21,32H,8-12H2,1-5H3/t13-,17-,18-,21-,23-,24-,25-,26-/m0/s1. The van der Waals surface area contributed by atoms with Crippen molar-refractivity contribution in [3.05, 3.63) is 23.6 Å². The van der Waals surface area contributed by atoms with Crippen LogP contribution < -0.4 is 0 Å². The summed E-state index contributed by atoms with van der Waals surface area (Å²) < 4.78 is 43.4. The summed E-state index contributed by atoms with van der Waals surface area (Å²) in [5.74, 6) is -5.27. The minimum Gasteiger partial charge on any atom is -0.458 e. The number of allylic oxidation sites excluding steroid dienone is 4. The molecule has 4 aliphatic carbocycles. The van der Waals surface area contributed by atoms with Crippen LogP contribution in [-0.4, -0.2) is 52.6 Å². The molecule has 192 valence electrons. The summed E-state index contributed by atoms with van der Waals surface area (Å²) >= 11 is 0. The molecule has 0 radical (unpaired) electrons. The number of Topliss-reactive ketones (excluding diaryl/α,β-unsaturated/α-hetero) is 1. The third kappa shape index (κ3) is 3.22. The van der Waals surface area contributed by atoms with Crippen molar-refractivity contribution in [2.45, 2.75) is 77.7 Å². The zero-order valence-corrected chi connectivity index (χ0v) is 20.7. The number of halogens is 2. The number of fused-ring (bicyclic) bond motifs is 5. The van der Waals surface area contributed by atoms with Crippen LogP contribution in [0.4, 0.5) is 8.78 Å². The molecule has 1 N–H and O–H groups in total. The van der Waals surface area contributed by atoms with Crippen molar-refractivity contribution in [3.8, 4) is 0 Å². The Hall–Kier alpha value is -2.42. The lowest BCUT2D eigenvalue weighted by Gasteiger charge is -2.62. The zero-order chi connectivity index (χ0) is 26.1. The van der Waals surface area contributed by atoms with Crippen LogP contribution >= 0.6 is 0 Å². The molecule has 4 rings (SSSR count). The summed E-state index contributed by atoms with van der Waals surface area (Å²) in [6.07, 6.45) is 0.378. The van der Waals surface area contributed by atoms with E-state index < -0.39 is 76.1 Å². The number of aliphatic hydroxyl groups excluding tert-OH is 1. The van der Waals surface area contributed by atoms with Crippen LogP contribution in [0.1, 0.15) is 60.3 Å². The lowest BCUT2D eigenvalue weighted by molar-refractivity contribution is -0.226. The van der Waals surface area contributed by atoms with Crippen molar-refractivity contribution in [3.63, 3.8) is 0 Å². The molecule has 4 aliphatic rings. The van der Waals surface area contributed by atoms with Gasteiger partial charge in [0.1, 0.15) is 5.83 Å². The second kappa shape index (κ2) is 8.05. The van der Waals surface area contributed by atoms with Gasteiger partial charge in [-0.15, -0.1) is 0 Å². The molecule has 0 unspecified atom stereocenters. The number of alkyl halides is 1. The first-order valence-electron chi connectivity index (χ1n) is 12.0. The molecular weight excluding hydrogens is 462 g/mol. The van der Waals surface area contributed by atoms with Gasteiger partial charge in [-0.2, -0.15) is 0 Å². The highest BCUT2D eigenvalue weighted by Crippen LogP contribution is 2.71. The normalized spacial score (nSPS) is 44.3. The van der Waals surface area contributed by atoms with Crippen LogP contribution in [0, 0.1) is 28.6 Å². The number of rotatable bonds is 4. The Balaban J connectivity index is 1.86. The van der Waals surface area contributed by atoms with Gasteiger partial charge in [-0.05, 0) is 37.3 Å². The average molecular weight is 495 g/mol. The summed E-state index contributed by atoms with van der Waals surface area (Å²) in [4.78, 5) is 49.2. The lowest BCUT2D eigenvalue weighted by Crippen LogP contribution is -2.70. The topological polar surface area (TPSA) is 107 Å². The van der Waals surface area contributed by atoms with Gasteiger partial charge < -0.3 is 14.6 Å². The Bertz CT molecular complexity index is 1070. The van der Waals surface area contributed by atoms with Crippen LogP contribution in [-0.2, 0) is 28.7 Å². The molecule has 0 saturated heterocycles. The Morgan fingerprint density at radius 2 is 1.83 bits per heavy atom. The number of carbonyl (C=O) groups is 4. The Labute approximate surface area is 202 Å². The van der Waals surface area contributed by atoms with Crippen LogP contribution in [0.15, 0.2) is 23.6 Å². The van der Waals surface area contributed by atoms with Crippen LogP contribution in [0.3, 0.4) is 0 Å². The molecule has 0 aliphatic heterocycles. The molecule has 0 spiro atoms. The van der Waals surface area contributed by atoms with Crippen LogP contribution in [0.2, 0.25) is 0 Å². The van der Waals surface area contributed by atoms with Crippen LogP contribution in [0.25, 0.3) is 0 Å². The van der Waals surface area contributed by atoms with Crippen molar-refractivity contribution in [2.24, 2.45) is 28.6 Å². The van der Waals surface area contributed by atoms with E-state index in [1.165, 1.54) is 19.1 Å². The first-order valence-corrected chi connectivity index (χ1v) is 12.0. The summed E-state index contributed by atoms with van der Waals surface area (Å²) in [7, 11) is 0. The van der Waals surface area contributed by atoms with Crippen LogP contribution in [0.5, 0.6) is 0 Å². The maximum Gasteiger partial charge on any atom is 0.303 e. The zero-order valence-electron chi connectivity index (χ0n) is 20.7. The summed E-state index contributed by atoms with van der Waals surface area (Å²) in [6.45, 7) is 6.53. The highest BCUT2D eigenvalue weighted by molar-refractivity contribution is 5.94.